The molecule has 0 aliphatic rings. The Morgan fingerprint density at radius 3 is 2.12 bits per heavy atom. The molecule has 0 aromatic rings. The van der Waals surface area contributed by atoms with Crippen LogP contribution in [0.2, 0.25) is 19.6 Å². The van der Waals surface area contributed by atoms with E-state index in [0.717, 1.165) is 0 Å². The van der Waals surface area contributed by atoms with E-state index in [4.69, 9.17) is 23.4 Å². The van der Waals surface area contributed by atoms with E-state index in [-0.39, 0.29) is 18.7 Å². The van der Waals surface area contributed by atoms with Gasteiger partial charge < -0.3 is 23.4 Å². The molecule has 0 spiro atoms. The fourth-order valence-corrected chi connectivity index (χ4v) is 1.11. The first-order chi connectivity index (χ1) is 7.85. The number of methoxy groups -OCH3 is 1. The van der Waals surface area contributed by atoms with Gasteiger partial charge in [0.15, 0.2) is 15.1 Å². The van der Waals surface area contributed by atoms with Gasteiger partial charge in [0, 0.05) is 7.11 Å². The summed E-state index contributed by atoms with van der Waals surface area (Å²) in [6.07, 6.45) is 0. The van der Waals surface area contributed by atoms with Crippen molar-refractivity contribution in [1.82, 2.24) is 0 Å². The van der Waals surface area contributed by atoms with E-state index >= 15 is 0 Å². The summed E-state index contributed by atoms with van der Waals surface area (Å²) in [5.74, 6) is 0.228. The van der Waals surface area contributed by atoms with Gasteiger partial charge in [-0.15, -0.1) is 0 Å². The van der Waals surface area contributed by atoms with Crippen LogP contribution in [0.4, 0.5) is 0 Å². The first kappa shape index (κ1) is 16.0. The molecule has 0 N–H and O–H groups in total. The zero-order chi connectivity index (χ0) is 13.3. The van der Waals surface area contributed by atoms with Crippen LogP contribution in [0.15, 0.2) is 25.0 Å². The molecule has 0 unspecified atom stereocenters. The highest BCUT2D eigenvalue weighted by Crippen LogP contribution is 2.08. The molecule has 0 atom stereocenters. The van der Waals surface area contributed by atoms with Gasteiger partial charge in [0.25, 0.3) is 11.9 Å². The van der Waals surface area contributed by atoms with Crippen molar-refractivity contribution in [2.24, 2.45) is 0 Å². The minimum Gasteiger partial charge on any atom is -0.463 e. The topological polar surface area (TPSA) is 46.2 Å². The Kier molecular flexibility index (Phi) is 7.69. The second-order valence-corrected chi connectivity index (χ2v) is 8.72. The first-order valence-electron chi connectivity index (χ1n) is 5.29. The maximum atomic E-state index is 5.47. The van der Waals surface area contributed by atoms with Crippen LogP contribution in [-0.2, 0) is 23.4 Å². The Labute approximate surface area is 104 Å². The van der Waals surface area contributed by atoms with E-state index in [1.165, 1.54) is 0 Å². The van der Waals surface area contributed by atoms with Crippen LogP contribution >= 0.6 is 0 Å². The second-order valence-electron chi connectivity index (χ2n) is 4.21. The average molecular weight is 262 g/mol. The van der Waals surface area contributed by atoms with Crippen molar-refractivity contribution < 1.29 is 23.4 Å². The van der Waals surface area contributed by atoms with Crippen molar-refractivity contribution in [3.8, 4) is 0 Å². The molecule has 0 rings (SSSR count). The SMILES string of the molecule is C=C(OCCOC)OC(=C)OCO[Si](C)(C)C. The molecule has 0 saturated heterocycles. The molecule has 0 saturated carbocycles. The van der Waals surface area contributed by atoms with Gasteiger partial charge in [-0.05, 0) is 32.8 Å². The third-order valence-corrected chi connectivity index (χ3v) is 2.47. The van der Waals surface area contributed by atoms with Gasteiger partial charge in [-0.3, -0.25) is 0 Å². The highest BCUT2D eigenvalue weighted by molar-refractivity contribution is 6.69. The standard InChI is InChI=1S/C11H22O5Si/c1-10(13-8-7-12-3)16-11(2)14-9-15-17(4,5)6/h1-2,7-9H2,3-6H3. The number of ether oxygens (including phenoxy) is 4. The van der Waals surface area contributed by atoms with Crippen LogP contribution < -0.4 is 0 Å². The molecule has 0 aromatic carbocycles. The molecule has 0 aliphatic heterocycles. The van der Waals surface area contributed by atoms with Crippen molar-refractivity contribution in [3.63, 3.8) is 0 Å². The lowest BCUT2D eigenvalue weighted by molar-refractivity contribution is -0.0493. The summed E-state index contributed by atoms with van der Waals surface area (Å²) >= 11 is 0. The van der Waals surface area contributed by atoms with Gasteiger partial charge in [-0.25, -0.2) is 0 Å². The highest BCUT2D eigenvalue weighted by Gasteiger charge is 2.14. The zero-order valence-corrected chi connectivity index (χ0v) is 12.1. The first-order valence-corrected chi connectivity index (χ1v) is 8.70. The van der Waals surface area contributed by atoms with Crippen molar-refractivity contribution in [2.45, 2.75) is 19.6 Å². The van der Waals surface area contributed by atoms with Crippen molar-refractivity contribution in [1.29, 1.82) is 0 Å². The van der Waals surface area contributed by atoms with Gasteiger partial charge >= 0.3 is 0 Å². The number of hydrogen-bond donors (Lipinski definition) is 0. The quantitative estimate of drug-likeness (QED) is 0.262. The van der Waals surface area contributed by atoms with Crippen LogP contribution in [0.25, 0.3) is 0 Å². The molecule has 100 valence electrons. The summed E-state index contributed by atoms with van der Waals surface area (Å²) in [5, 5.41) is 0. The summed E-state index contributed by atoms with van der Waals surface area (Å²) in [7, 11) is 0.00427. The number of rotatable bonds is 10. The smallest absolute Gasteiger partial charge is 0.281 e. The fourth-order valence-electron chi connectivity index (χ4n) is 0.697. The zero-order valence-electron chi connectivity index (χ0n) is 11.1. The lowest BCUT2D eigenvalue weighted by Gasteiger charge is -2.18. The van der Waals surface area contributed by atoms with E-state index in [1.807, 2.05) is 0 Å². The van der Waals surface area contributed by atoms with Gasteiger partial charge in [0.1, 0.15) is 6.61 Å². The summed E-state index contributed by atoms with van der Waals surface area (Å²) in [6.45, 7) is 14.3. The lowest BCUT2D eigenvalue weighted by Crippen LogP contribution is -2.26. The summed E-state index contributed by atoms with van der Waals surface area (Å²) in [4.78, 5) is 0. The van der Waals surface area contributed by atoms with Gasteiger partial charge in [-0.2, -0.15) is 0 Å². The Morgan fingerprint density at radius 1 is 1.00 bits per heavy atom. The van der Waals surface area contributed by atoms with Crippen LogP contribution in [0.3, 0.4) is 0 Å². The predicted molar refractivity (Wildman–Crippen MR) is 67.6 cm³/mol. The van der Waals surface area contributed by atoms with Crippen molar-refractivity contribution >= 4 is 8.32 Å². The molecule has 0 heterocycles. The molecule has 0 fully saturated rings. The van der Waals surface area contributed by atoms with E-state index in [9.17, 15) is 0 Å². The van der Waals surface area contributed by atoms with Crippen LogP contribution in [0, 0.1) is 0 Å². The molecule has 0 bridgehead atoms. The Bertz CT molecular complexity index is 247. The van der Waals surface area contributed by atoms with E-state index in [0.29, 0.717) is 13.2 Å². The molecule has 5 nitrogen and oxygen atoms in total. The molecule has 0 aliphatic carbocycles. The Hall–Kier alpha value is -0.983. The molecule has 6 heteroatoms. The molecular weight excluding hydrogens is 240 g/mol. The third kappa shape index (κ3) is 11.3. The fraction of sp³-hybridized carbons (Fsp3) is 0.636. The molecule has 0 amide bonds. The second kappa shape index (κ2) is 8.16. The molecule has 17 heavy (non-hydrogen) atoms. The normalized spacial score (nSPS) is 10.8. The Balaban J connectivity index is 3.61. The summed E-state index contributed by atoms with van der Waals surface area (Å²) < 4.78 is 25.5. The van der Waals surface area contributed by atoms with Gasteiger partial charge in [0.05, 0.1) is 6.61 Å². The van der Waals surface area contributed by atoms with E-state index < -0.39 is 8.32 Å². The largest absolute Gasteiger partial charge is 0.463 e. The minimum atomic E-state index is -1.58. The minimum absolute atomic E-state index is 0.102. The average Bonchev–Trinajstić information content (AvgIpc) is 2.15. The van der Waals surface area contributed by atoms with E-state index in [2.05, 4.69) is 32.8 Å². The van der Waals surface area contributed by atoms with Crippen LogP contribution in [0.5, 0.6) is 0 Å². The van der Waals surface area contributed by atoms with Gasteiger partial charge in [0.2, 0.25) is 0 Å². The maximum absolute atomic E-state index is 5.47. The van der Waals surface area contributed by atoms with Crippen molar-refractivity contribution in [2.75, 3.05) is 27.1 Å². The monoisotopic (exact) mass is 262 g/mol. The van der Waals surface area contributed by atoms with Gasteiger partial charge in [-0.1, -0.05) is 0 Å². The van der Waals surface area contributed by atoms with E-state index in [1.54, 1.807) is 7.11 Å². The maximum Gasteiger partial charge on any atom is 0.281 e. The molecule has 0 aromatic heterocycles. The molecule has 0 radical (unpaired) electrons. The number of hydrogen-bond acceptors (Lipinski definition) is 5. The Morgan fingerprint density at radius 2 is 1.59 bits per heavy atom. The molecular formula is C11H22O5Si. The third-order valence-electron chi connectivity index (χ3n) is 1.49. The highest BCUT2D eigenvalue weighted by atomic mass is 28.4. The van der Waals surface area contributed by atoms with Crippen LogP contribution in [-0.4, -0.2) is 35.4 Å². The summed E-state index contributed by atoms with van der Waals surface area (Å²) in [5.41, 5.74) is 0. The van der Waals surface area contributed by atoms with Crippen LogP contribution in [0.1, 0.15) is 0 Å². The predicted octanol–water partition coefficient (Wildman–Crippen LogP) is 2.43. The lowest BCUT2D eigenvalue weighted by atomic mass is 10.8. The van der Waals surface area contributed by atoms with Crippen molar-refractivity contribution in [3.05, 3.63) is 25.0 Å². The summed E-state index contributed by atoms with van der Waals surface area (Å²) in [6, 6.07) is 0.